The fourth-order valence-corrected chi connectivity index (χ4v) is 4.64. The Morgan fingerprint density at radius 1 is 1.03 bits per heavy atom. The number of hydrogen-bond acceptors (Lipinski definition) is 6. The van der Waals surface area contributed by atoms with Gasteiger partial charge in [-0.25, -0.2) is 0 Å². The van der Waals surface area contributed by atoms with E-state index in [0.717, 1.165) is 42.9 Å². The first-order chi connectivity index (χ1) is 17.3. The number of aliphatic hydroxyl groups is 1. The summed E-state index contributed by atoms with van der Waals surface area (Å²) in [5.74, 6) is 2.03. The van der Waals surface area contributed by atoms with Gasteiger partial charge >= 0.3 is 0 Å². The van der Waals surface area contributed by atoms with Crippen LogP contribution in [0, 0.1) is 6.92 Å². The molecule has 0 radical (unpaired) electrons. The number of aryl methyl sites for hydroxylation is 1. The lowest BCUT2D eigenvalue weighted by Crippen LogP contribution is -2.37. The lowest BCUT2D eigenvalue weighted by atomic mass is 9.96. The third-order valence-electron chi connectivity index (χ3n) is 6.38. The van der Waals surface area contributed by atoms with Crippen LogP contribution in [0.5, 0.6) is 17.2 Å². The first kappa shape index (κ1) is 26.6. The van der Waals surface area contributed by atoms with Crippen molar-refractivity contribution in [1.29, 1.82) is 0 Å². The Morgan fingerprint density at radius 2 is 1.89 bits per heavy atom. The number of ether oxygens (including phenoxy) is 3. The topological polar surface area (TPSA) is 69.0 Å². The molecule has 0 amide bonds. The number of hydrogen-bond donors (Lipinski definition) is 1. The summed E-state index contributed by atoms with van der Waals surface area (Å²) in [6.07, 6.45) is 6.01. The van der Waals surface area contributed by atoms with Gasteiger partial charge in [0.05, 0.1) is 35.5 Å². The summed E-state index contributed by atoms with van der Waals surface area (Å²) in [7, 11) is 1.65. The van der Waals surface area contributed by atoms with Gasteiger partial charge in [0.2, 0.25) is 0 Å². The Labute approximate surface area is 222 Å². The van der Waals surface area contributed by atoms with E-state index in [1.807, 2.05) is 36.1 Å². The smallest absolute Gasteiger partial charge is 0.161 e. The van der Waals surface area contributed by atoms with Crippen molar-refractivity contribution in [3.05, 3.63) is 70.0 Å². The van der Waals surface area contributed by atoms with E-state index in [2.05, 4.69) is 16.1 Å². The van der Waals surface area contributed by atoms with Crippen molar-refractivity contribution < 1.29 is 19.3 Å². The lowest BCUT2D eigenvalue weighted by Gasteiger charge is -2.27. The molecule has 0 saturated carbocycles. The second-order valence-corrected chi connectivity index (χ2v) is 10.1. The Balaban J connectivity index is 1.31. The minimum absolute atomic E-state index is 0.217. The van der Waals surface area contributed by atoms with Crippen LogP contribution in [0.25, 0.3) is 0 Å². The van der Waals surface area contributed by atoms with Gasteiger partial charge in [-0.05, 0) is 68.1 Å². The molecule has 7 nitrogen and oxygen atoms in total. The van der Waals surface area contributed by atoms with Crippen LogP contribution in [0.3, 0.4) is 0 Å². The predicted molar refractivity (Wildman–Crippen MR) is 141 cm³/mol. The summed E-state index contributed by atoms with van der Waals surface area (Å²) in [5, 5.41) is 16.4. The van der Waals surface area contributed by atoms with Crippen molar-refractivity contribution >= 4 is 23.2 Å². The van der Waals surface area contributed by atoms with Crippen molar-refractivity contribution in [3.8, 4) is 17.2 Å². The number of aromatic nitrogens is 2. The van der Waals surface area contributed by atoms with Crippen molar-refractivity contribution in [2.45, 2.75) is 44.9 Å². The fraction of sp³-hybridized carbons (Fsp3) is 0.444. The van der Waals surface area contributed by atoms with Gasteiger partial charge in [-0.3, -0.25) is 9.58 Å². The predicted octanol–water partition coefficient (Wildman–Crippen LogP) is 5.38. The van der Waals surface area contributed by atoms with Crippen molar-refractivity contribution in [3.63, 3.8) is 0 Å². The summed E-state index contributed by atoms with van der Waals surface area (Å²) < 4.78 is 19.3. The highest BCUT2D eigenvalue weighted by Gasteiger charge is 2.31. The quantitative estimate of drug-likeness (QED) is 0.377. The van der Waals surface area contributed by atoms with E-state index in [4.69, 9.17) is 37.4 Å². The van der Waals surface area contributed by atoms with Gasteiger partial charge in [0.25, 0.3) is 0 Å². The molecule has 1 aliphatic heterocycles. The molecule has 2 aromatic carbocycles. The first-order valence-electron chi connectivity index (χ1n) is 12.1. The maximum Gasteiger partial charge on any atom is 0.161 e. The second-order valence-electron chi connectivity index (χ2n) is 9.33. The molecule has 2 heterocycles. The summed E-state index contributed by atoms with van der Waals surface area (Å²) in [6, 6.07) is 11.2. The van der Waals surface area contributed by atoms with Crippen LogP contribution in [0.2, 0.25) is 10.0 Å². The van der Waals surface area contributed by atoms with E-state index in [-0.39, 0.29) is 6.61 Å². The van der Waals surface area contributed by atoms with Gasteiger partial charge in [-0.15, -0.1) is 0 Å². The van der Waals surface area contributed by atoms with Gasteiger partial charge < -0.3 is 19.3 Å². The van der Waals surface area contributed by atoms with Crippen LogP contribution in [-0.2, 0) is 13.1 Å². The molecule has 36 heavy (non-hydrogen) atoms. The highest BCUT2D eigenvalue weighted by atomic mass is 35.5. The Morgan fingerprint density at radius 3 is 2.64 bits per heavy atom. The van der Waals surface area contributed by atoms with E-state index in [1.54, 1.807) is 25.3 Å². The van der Waals surface area contributed by atoms with Gasteiger partial charge in [-0.1, -0.05) is 29.3 Å². The highest BCUT2D eigenvalue weighted by Crippen LogP contribution is 2.31. The van der Waals surface area contributed by atoms with Crippen molar-refractivity contribution in [2.75, 3.05) is 33.4 Å². The Hall–Kier alpha value is -2.45. The van der Waals surface area contributed by atoms with E-state index in [0.29, 0.717) is 47.5 Å². The molecule has 1 N–H and O–H groups in total. The molecular formula is C27H33Cl2N3O4. The molecule has 1 aliphatic rings. The monoisotopic (exact) mass is 533 g/mol. The molecule has 0 bridgehead atoms. The lowest BCUT2D eigenvalue weighted by molar-refractivity contribution is -0.0168. The third kappa shape index (κ3) is 7.29. The second kappa shape index (κ2) is 12.2. The maximum absolute atomic E-state index is 11.2. The molecule has 1 saturated heterocycles. The largest absolute Gasteiger partial charge is 0.493 e. The number of likely N-dealkylation sites (tertiary alicyclic amines) is 1. The van der Waals surface area contributed by atoms with Crippen molar-refractivity contribution in [1.82, 2.24) is 14.7 Å². The third-order valence-corrected chi connectivity index (χ3v) is 7.12. The highest BCUT2D eigenvalue weighted by molar-refractivity contribution is 6.42. The van der Waals surface area contributed by atoms with Crippen LogP contribution in [0.4, 0.5) is 0 Å². The molecular weight excluding hydrogens is 501 g/mol. The Kier molecular flexibility index (Phi) is 9.01. The van der Waals surface area contributed by atoms with E-state index < -0.39 is 5.60 Å². The van der Waals surface area contributed by atoms with Crippen LogP contribution >= 0.6 is 23.2 Å². The van der Waals surface area contributed by atoms with Gasteiger partial charge in [0, 0.05) is 25.4 Å². The zero-order valence-corrected chi connectivity index (χ0v) is 22.3. The number of nitrogens with zero attached hydrogens (tertiary/aromatic N) is 3. The molecule has 0 spiro atoms. The SMILES string of the molecule is COc1ccc(CN2CCCC(O)(COc3ccc(Cl)c(Cl)c3)CC2)cc1OCCn1cc(C)cn1. The zero-order chi connectivity index (χ0) is 25.5. The Bertz CT molecular complexity index is 1160. The number of rotatable bonds is 10. The van der Waals surface area contributed by atoms with E-state index in [1.165, 1.54) is 0 Å². The molecule has 4 rings (SSSR count). The standard InChI is InChI=1S/C27H33Cl2N3O4/c1-20-16-30-32(17-20)12-13-35-26-14-21(4-7-25(26)34-2)18-31-10-3-8-27(33,9-11-31)19-36-22-5-6-23(28)24(29)15-22/h4-7,14-17,33H,3,8-13,18-19H2,1-2H3. The summed E-state index contributed by atoms with van der Waals surface area (Å²) in [5.41, 5.74) is 1.37. The van der Waals surface area contributed by atoms with E-state index in [9.17, 15) is 5.11 Å². The van der Waals surface area contributed by atoms with Crippen LogP contribution in [0.1, 0.15) is 30.4 Å². The van der Waals surface area contributed by atoms with Crippen LogP contribution in [0.15, 0.2) is 48.8 Å². The number of methoxy groups -OCH3 is 1. The minimum Gasteiger partial charge on any atom is -0.493 e. The molecule has 9 heteroatoms. The molecule has 1 aromatic heterocycles. The van der Waals surface area contributed by atoms with Crippen LogP contribution < -0.4 is 14.2 Å². The van der Waals surface area contributed by atoms with Crippen LogP contribution in [-0.4, -0.2) is 58.8 Å². The van der Waals surface area contributed by atoms with Gasteiger partial charge in [0.1, 0.15) is 19.0 Å². The summed E-state index contributed by atoms with van der Waals surface area (Å²) in [6.45, 7) is 5.82. The molecule has 1 unspecified atom stereocenters. The number of halogens is 2. The summed E-state index contributed by atoms with van der Waals surface area (Å²) >= 11 is 12.1. The summed E-state index contributed by atoms with van der Waals surface area (Å²) in [4.78, 5) is 2.36. The first-order valence-corrected chi connectivity index (χ1v) is 12.9. The molecule has 1 fully saturated rings. The average Bonchev–Trinajstić information content (AvgIpc) is 3.19. The fourth-order valence-electron chi connectivity index (χ4n) is 4.35. The van der Waals surface area contributed by atoms with E-state index >= 15 is 0 Å². The minimum atomic E-state index is -0.889. The molecule has 0 aliphatic carbocycles. The average molecular weight is 534 g/mol. The zero-order valence-electron chi connectivity index (χ0n) is 20.8. The normalized spacial score (nSPS) is 18.6. The van der Waals surface area contributed by atoms with Crippen molar-refractivity contribution in [2.24, 2.45) is 0 Å². The maximum atomic E-state index is 11.2. The molecule has 194 valence electrons. The van der Waals surface area contributed by atoms with Gasteiger partial charge in [0.15, 0.2) is 11.5 Å². The molecule has 1 atom stereocenters. The molecule has 3 aromatic rings. The number of benzene rings is 2. The van der Waals surface area contributed by atoms with Gasteiger partial charge in [-0.2, -0.15) is 5.10 Å².